The highest BCUT2D eigenvalue weighted by atomic mass is 16.6. The van der Waals surface area contributed by atoms with Crippen molar-refractivity contribution in [3.63, 3.8) is 0 Å². The fraction of sp³-hybridized carbons (Fsp3) is 0.529. The second-order valence-electron chi connectivity index (χ2n) is 5.37. The van der Waals surface area contributed by atoms with E-state index in [2.05, 4.69) is 0 Å². The van der Waals surface area contributed by atoms with Crippen LogP contribution in [0, 0.1) is 0 Å². The first-order valence-corrected chi connectivity index (χ1v) is 7.96. The molecule has 1 aromatic rings. The number of hydrogen-bond acceptors (Lipinski definition) is 3. The lowest BCUT2D eigenvalue weighted by Crippen LogP contribution is -2.49. The molecule has 1 fully saturated rings. The minimum absolute atomic E-state index is 0.126. The van der Waals surface area contributed by atoms with Crippen LogP contribution in [0.5, 0.6) is 0 Å². The standard InChI is InChI=1S/C17H24N2O3/c1-3-16(20)19(14-8-6-5-7-9-14)15-10-12-18(13-11-15)17(21)22-4-2/h5-9,15H,3-4,10-13H2,1-2H3. The maximum atomic E-state index is 12.4. The van der Waals surface area contributed by atoms with Crippen LogP contribution < -0.4 is 4.90 Å². The van der Waals surface area contributed by atoms with Crippen LogP contribution in [0.25, 0.3) is 0 Å². The molecule has 2 rings (SSSR count). The third-order valence-corrected chi connectivity index (χ3v) is 3.96. The normalized spacial score (nSPS) is 15.5. The Bertz CT molecular complexity index is 496. The summed E-state index contributed by atoms with van der Waals surface area (Å²) < 4.78 is 5.04. The zero-order chi connectivity index (χ0) is 15.9. The van der Waals surface area contributed by atoms with E-state index in [4.69, 9.17) is 4.74 Å². The van der Waals surface area contributed by atoms with Gasteiger partial charge >= 0.3 is 6.09 Å². The lowest BCUT2D eigenvalue weighted by atomic mass is 10.0. The van der Waals surface area contributed by atoms with Gasteiger partial charge in [0.2, 0.25) is 5.91 Å². The van der Waals surface area contributed by atoms with Crippen molar-refractivity contribution in [2.45, 2.75) is 39.2 Å². The van der Waals surface area contributed by atoms with Gasteiger partial charge in [0.15, 0.2) is 0 Å². The lowest BCUT2D eigenvalue weighted by Gasteiger charge is -2.38. The Morgan fingerprint density at radius 1 is 1.18 bits per heavy atom. The Morgan fingerprint density at radius 3 is 2.36 bits per heavy atom. The van der Waals surface area contributed by atoms with E-state index in [-0.39, 0.29) is 18.0 Å². The Balaban J connectivity index is 2.05. The average molecular weight is 304 g/mol. The zero-order valence-corrected chi connectivity index (χ0v) is 13.3. The molecular weight excluding hydrogens is 280 g/mol. The largest absolute Gasteiger partial charge is 0.450 e. The Hall–Kier alpha value is -2.04. The highest BCUT2D eigenvalue weighted by molar-refractivity contribution is 5.93. The summed E-state index contributed by atoms with van der Waals surface area (Å²) in [5.74, 6) is 0.126. The number of likely N-dealkylation sites (tertiary alicyclic amines) is 1. The quantitative estimate of drug-likeness (QED) is 0.859. The molecule has 1 aromatic carbocycles. The first-order valence-electron chi connectivity index (χ1n) is 7.96. The van der Waals surface area contributed by atoms with Crippen molar-refractivity contribution in [2.24, 2.45) is 0 Å². The topological polar surface area (TPSA) is 49.9 Å². The van der Waals surface area contributed by atoms with Crippen molar-refractivity contribution < 1.29 is 14.3 Å². The van der Waals surface area contributed by atoms with Crippen LogP contribution in [0.2, 0.25) is 0 Å². The molecule has 0 aromatic heterocycles. The van der Waals surface area contributed by atoms with Gasteiger partial charge in [-0.05, 0) is 31.9 Å². The highest BCUT2D eigenvalue weighted by Gasteiger charge is 2.30. The molecule has 0 bridgehead atoms. The van der Waals surface area contributed by atoms with Gasteiger partial charge in [-0.2, -0.15) is 0 Å². The molecule has 5 heteroatoms. The molecule has 22 heavy (non-hydrogen) atoms. The van der Waals surface area contributed by atoms with E-state index in [0.29, 0.717) is 26.1 Å². The van der Waals surface area contributed by atoms with Gasteiger partial charge in [0.05, 0.1) is 6.61 Å². The molecule has 0 spiro atoms. The second kappa shape index (κ2) is 7.82. The molecule has 0 N–H and O–H groups in total. The van der Waals surface area contributed by atoms with E-state index in [9.17, 15) is 9.59 Å². The number of amides is 2. The first-order chi connectivity index (χ1) is 10.7. The molecule has 0 saturated carbocycles. The van der Waals surface area contributed by atoms with Gasteiger partial charge in [0, 0.05) is 31.2 Å². The molecule has 2 amide bonds. The van der Waals surface area contributed by atoms with Gasteiger partial charge in [-0.25, -0.2) is 4.79 Å². The summed E-state index contributed by atoms with van der Waals surface area (Å²) in [6, 6.07) is 9.90. The van der Waals surface area contributed by atoms with Crippen molar-refractivity contribution in [3.8, 4) is 0 Å². The van der Waals surface area contributed by atoms with E-state index in [1.807, 2.05) is 49.1 Å². The number of ether oxygens (including phenoxy) is 1. The van der Waals surface area contributed by atoms with E-state index in [1.54, 1.807) is 4.90 Å². The summed E-state index contributed by atoms with van der Waals surface area (Å²) in [5.41, 5.74) is 0.934. The second-order valence-corrected chi connectivity index (χ2v) is 5.37. The van der Waals surface area contributed by atoms with Crippen LogP contribution in [0.15, 0.2) is 30.3 Å². The fourth-order valence-electron chi connectivity index (χ4n) is 2.84. The molecule has 0 aliphatic carbocycles. The summed E-state index contributed by atoms with van der Waals surface area (Å²) >= 11 is 0. The van der Waals surface area contributed by atoms with Crippen molar-refractivity contribution in [1.82, 2.24) is 4.90 Å². The number of rotatable bonds is 4. The van der Waals surface area contributed by atoms with Crippen molar-refractivity contribution in [1.29, 1.82) is 0 Å². The molecule has 1 aliphatic heterocycles. The average Bonchev–Trinajstić information content (AvgIpc) is 2.56. The summed E-state index contributed by atoms with van der Waals surface area (Å²) in [5, 5.41) is 0. The first kappa shape index (κ1) is 16.3. The van der Waals surface area contributed by atoms with Crippen LogP contribution in [-0.2, 0) is 9.53 Å². The molecule has 0 radical (unpaired) electrons. The van der Waals surface area contributed by atoms with Gasteiger partial charge in [0.25, 0.3) is 0 Å². The lowest BCUT2D eigenvalue weighted by molar-refractivity contribution is -0.119. The van der Waals surface area contributed by atoms with E-state index in [0.717, 1.165) is 18.5 Å². The van der Waals surface area contributed by atoms with Crippen LogP contribution in [0.1, 0.15) is 33.1 Å². The van der Waals surface area contributed by atoms with Gasteiger partial charge in [-0.15, -0.1) is 0 Å². The molecule has 1 heterocycles. The predicted octanol–water partition coefficient (Wildman–Crippen LogP) is 3.05. The number of anilines is 1. The summed E-state index contributed by atoms with van der Waals surface area (Å²) in [6.07, 6.45) is 1.78. The third-order valence-electron chi connectivity index (χ3n) is 3.96. The third kappa shape index (κ3) is 3.78. The Labute approximate surface area is 131 Å². The zero-order valence-electron chi connectivity index (χ0n) is 13.3. The number of carbonyl (C=O) groups excluding carboxylic acids is 2. The van der Waals surface area contributed by atoms with Crippen molar-refractivity contribution in [2.75, 3.05) is 24.6 Å². The van der Waals surface area contributed by atoms with Gasteiger partial charge in [0.1, 0.15) is 0 Å². The van der Waals surface area contributed by atoms with E-state index >= 15 is 0 Å². The number of nitrogens with zero attached hydrogens (tertiary/aromatic N) is 2. The maximum Gasteiger partial charge on any atom is 0.409 e. The summed E-state index contributed by atoms with van der Waals surface area (Å²) in [4.78, 5) is 27.7. The van der Waals surface area contributed by atoms with Crippen LogP contribution in [0.4, 0.5) is 10.5 Å². The van der Waals surface area contributed by atoms with Crippen molar-refractivity contribution >= 4 is 17.7 Å². The van der Waals surface area contributed by atoms with Crippen molar-refractivity contribution in [3.05, 3.63) is 30.3 Å². The van der Waals surface area contributed by atoms with Gasteiger partial charge in [-0.1, -0.05) is 25.1 Å². The SMILES string of the molecule is CCOC(=O)N1CCC(N(C(=O)CC)c2ccccc2)CC1. The van der Waals surface area contributed by atoms with Gasteiger partial charge in [-0.3, -0.25) is 4.79 Å². The number of benzene rings is 1. The van der Waals surface area contributed by atoms with Crippen LogP contribution in [0.3, 0.4) is 0 Å². The smallest absolute Gasteiger partial charge is 0.409 e. The number of piperidine rings is 1. The molecule has 0 unspecified atom stereocenters. The minimum atomic E-state index is -0.256. The van der Waals surface area contributed by atoms with E-state index in [1.165, 1.54) is 0 Å². The molecule has 0 atom stereocenters. The Morgan fingerprint density at radius 2 is 1.82 bits per heavy atom. The predicted molar refractivity (Wildman–Crippen MR) is 85.8 cm³/mol. The number of para-hydroxylation sites is 1. The number of carbonyl (C=O) groups is 2. The maximum absolute atomic E-state index is 12.4. The van der Waals surface area contributed by atoms with Gasteiger partial charge < -0.3 is 14.5 Å². The van der Waals surface area contributed by atoms with Crippen LogP contribution in [-0.4, -0.2) is 42.6 Å². The van der Waals surface area contributed by atoms with Crippen LogP contribution >= 0.6 is 0 Å². The number of hydrogen-bond donors (Lipinski definition) is 0. The molecular formula is C17H24N2O3. The Kier molecular flexibility index (Phi) is 5.81. The highest BCUT2D eigenvalue weighted by Crippen LogP contribution is 2.24. The summed E-state index contributed by atoms with van der Waals surface area (Å²) in [6.45, 7) is 5.34. The monoisotopic (exact) mass is 304 g/mol. The molecule has 1 aliphatic rings. The molecule has 120 valence electrons. The summed E-state index contributed by atoms with van der Waals surface area (Å²) in [7, 11) is 0. The molecule has 1 saturated heterocycles. The molecule has 5 nitrogen and oxygen atoms in total. The fourth-order valence-corrected chi connectivity index (χ4v) is 2.84. The van der Waals surface area contributed by atoms with E-state index < -0.39 is 0 Å². The minimum Gasteiger partial charge on any atom is -0.450 e.